The molecule has 21 heavy (non-hydrogen) atoms. The van der Waals surface area contributed by atoms with Crippen LogP contribution in [-0.4, -0.2) is 23.9 Å². The van der Waals surface area contributed by atoms with Gasteiger partial charge in [-0.25, -0.2) is 0 Å². The highest BCUT2D eigenvalue weighted by atomic mass is 16.2. The smallest absolute Gasteiger partial charge is 0.250 e. The number of piperazine rings is 1. The average Bonchev–Trinajstić information content (AvgIpc) is 2.41. The molecule has 2 unspecified atom stereocenters. The Morgan fingerprint density at radius 2 is 1.90 bits per heavy atom. The lowest BCUT2D eigenvalue weighted by atomic mass is 9.95. The lowest BCUT2D eigenvalue weighted by molar-refractivity contribution is -0.134. The zero-order chi connectivity index (χ0) is 15.7. The van der Waals surface area contributed by atoms with Gasteiger partial charge in [-0.3, -0.25) is 14.5 Å². The zero-order valence-corrected chi connectivity index (χ0v) is 13.4. The Balaban J connectivity index is 2.49. The van der Waals surface area contributed by atoms with Crippen molar-refractivity contribution in [2.75, 3.05) is 4.90 Å². The molecule has 0 spiro atoms. The van der Waals surface area contributed by atoms with Crippen LogP contribution in [0.5, 0.6) is 0 Å². The SMILES string of the molecule is CCC1C(=O)NC(C(C)C)C(=O)N1c1ccc(C)cc1C. The molecule has 1 aromatic rings. The van der Waals surface area contributed by atoms with E-state index in [1.54, 1.807) is 4.90 Å². The number of nitrogens with one attached hydrogen (secondary N) is 1. The molecule has 0 aromatic heterocycles. The quantitative estimate of drug-likeness (QED) is 0.929. The highest BCUT2D eigenvalue weighted by molar-refractivity contribution is 6.08. The molecule has 1 heterocycles. The van der Waals surface area contributed by atoms with Gasteiger partial charge in [-0.15, -0.1) is 0 Å². The van der Waals surface area contributed by atoms with Crippen LogP contribution in [0.1, 0.15) is 38.3 Å². The predicted molar refractivity (Wildman–Crippen MR) is 84.2 cm³/mol. The largest absolute Gasteiger partial charge is 0.342 e. The van der Waals surface area contributed by atoms with E-state index < -0.39 is 12.1 Å². The maximum atomic E-state index is 12.8. The minimum absolute atomic E-state index is 0.0107. The summed E-state index contributed by atoms with van der Waals surface area (Å²) in [7, 11) is 0. The van der Waals surface area contributed by atoms with Crippen LogP contribution in [0.25, 0.3) is 0 Å². The Kier molecular flexibility index (Phi) is 4.35. The van der Waals surface area contributed by atoms with Gasteiger partial charge in [0.05, 0.1) is 0 Å². The van der Waals surface area contributed by atoms with Crippen molar-refractivity contribution in [3.05, 3.63) is 29.3 Å². The Hall–Kier alpha value is -1.84. The fourth-order valence-corrected chi connectivity index (χ4v) is 2.91. The van der Waals surface area contributed by atoms with Gasteiger partial charge in [-0.2, -0.15) is 0 Å². The van der Waals surface area contributed by atoms with Crippen molar-refractivity contribution in [3.63, 3.8) is 0 Å². The van der Waals surface area contributed by atoms with Crippen molar-refractivity contribution < 1.29 is 9.59 Å². The third kappa shape index (κ3) is 2.80. The maximum Gasteiger partial charge on any atom is 0.250 e. The van der Waals surface area contributed by atoms with Crippen LogP contribution in [0.15, 0.2) is 18.2 Å². The first-order chi connectivity index (χ1) is 9.86. The van der Waals surface area contributed by atoms with E-state index in [2.05, 4.69) is 5.32 Å². The van der Waals surface area contributed by atoms with Crippen LogP contribution in [-0.2, 0) is 9.59 Å². The molecule has 114 valence electrons. The normalized spacial score (nSPS) is 22.7. The minimum atomic E-state index is -0.444. The molecule has 2 atom stereocenters. The first-order valence-corrected chi connectivity index (χ1v) is 7.57. The molecule has 0 aliphatic carbocycles. The number of nitrogens with zero attached hydrogens (tertiary/aromatic N) is 1. The molecule has 1 saturated heterocycles. The van der Waals surface area contributed by atoms with Crippen molar-refractivity contribution in [2.45, 2.75) is 53.1 Å². The molecule has 1 fully saturated rings. The molecule has 4 nitrogen and oxygen atoms in total. The fourth-order valence-electron chi connectivity index (χ4n) is 2.91. The summed E-state index contributed by atoms with van der Waals surface area (Å²) in [6.07, 6.45) is 0.607. The molecule has 1 N–H and O–H groups in total. The summed E-state index contributed by atoms with van der Waals surface area (Å²) in [5.74, 6) is 0.00619. The van der Waals surface area contributed by atoms with E-state index in [4.69, 9.17) is 0 Å². The van der Waals surface area contributed by atoms with Crippen LogP contribution < -0.4 is 10.2 Å². The summed E-state index contributed by atoms with van der Waals surface area (Å²) >= 11 is 0. The molecule has 2 rings (SSSR count). The predicted octanol–water partition coefficient (Wildman–Crippen LogP) is 2.57. The first-order valence-electron chi connectivity index (χ1n) is 7.57. The first kappa shape index (κ1) is 15.5. The minimum Gasteiger partial charge on any atom is -0.342 e. The molecule has 0 bridgehead atoms. The van der Waals surface area contributed by atoms with Gasteiger partial charge in [0.2, 0.25) is 5.91 Å². The second kappa shape index (κ2) is 5.88. The maximum absolute atomic E-state index is 12.8. The van der Waals surface area contributed by atoms with Crippen LogP contribution in [0, 0.1) is 19.8 Å². The highest BCUT2D eigenvalue weighted by Crippen LogP contribution is 2.28. The van der Waals surface area contributed by atoms with Crippen LogP contribution in [0.2, 0.25) is 0 Å². The molecular formula is C17H24N2O2. The van der Waals surface area contributed by atoms with E-state index in [-0.39, 0.29) is 17.7 Å². The number of carbonyl (C=O) groups excluding carboxylic acids is 2. The second-order valence-corrected chi connectivity index (χ2v) is 6.15. The summed E-state index contributed by atoms with van der Waals surface area (Å²) in [6.45, 7) is 9.85. The van der Waals surface area contributed by atoms with Gasteiger partial charge in [-0.1, -0.05) is 38.5 Å². The Labute approximate surface area is 126 Å². The zero-order valence-electron chi connectivity index (χ0n) is 13.4. The average molecular weight is 288 g/mol. The standard InChI is InChI=1S/C17H24N2O2/c1-6-13-16(20)18-15(10(2)3)17(21)19(13)14-8-7-11(4)9-12(14)5/h7-10,13,15H,6H2,1-5H3,(H,18,20). The number of carbonyl (C=O) groups is 2. The van der Waals surface area contributed by atoms with Crippen molar-refractivity contribution >= 4 is 17.5 Å². The summed E-state index contributed by atoms with van der Waals surface area (Å²) in [4.78, 5) is 26.9. The molecule has 0 radical (unpaired) electrons. The van der Waals surface area contributed by atoms with Crippen LogP contribution in [0.4, 0.5) is 5.69 Å². The topological polar surface area (TPSA) is 49.4 Å². The third-order valence-corrected chi connectivity index (χ3v) is 4.08. The number of aryl methyl sites for hydroxylation is 2. The number of benzene rings is 1. The van der Waals surface area contributed by atoms with Crippen molar-refractivity contribution in [3.8, 4) is 0 Å². The molecule has 1 aliphatic heterocycles. The van der Waals surface area contributed by atoms with E-state index in [0.29, 0.717) is 6.42 Å². The summed E-state index contributed by atoms with van der Waals surface area (Å²) in [6, 6.07) is 5.11. The highest BCUT2D eigenvalue weighted by Gasteiger charge is 2.41. The summed E-state index contributed by atoms with van der Waals surface area (Å²) < 4.78 is 0. The van der Waals surface area contributed by atoms with Crippen molar-refractivity contribution in [2.24, 2.45) is 5.92 Å². The Bertz CT molecular complexity index is 566. The molecule has 1 aliphatic rings. The summed E-state index contributed by atoms with van der Waals surface area (Å²) in [5, 5.41) is 2.87. The Morgan fingerprint density at radius 3 is 2.43 bits per heavy atom. The monoisotopic (exact) mass is 288 g/mol. The van der Waals surface area contributed by atoms with Crippen molar-refractivity contribution in [1.82, 2.24) is 5.32 Å². The molecule has 0 saturated carbocycles. The lowest BCUT2D eigenvalue weighted by Gasteiger charge is -2.40. The molecule has 4 heteroatoms. The van der Waals surface area contributed by atoms with Gasteiger partial charge < -0.3 is 5.32 Å². The van der Waals surface area contributed by atoms with Crippen molar-refractivity contribution in [1.29, 1.82) is 0 Å². The second-order valence-electron chi connectivity index (χ2n) is 6.15. The number of anilines is 1. The van der Waals surface area contributed by atoms with E-state index >= 15 is 0 Å². The lowest BCUT2D eigenvalue weighted by Crippen LogP contribution is -2.65. The van der Waals surface area contributed by atoms with E-state index in [1.165, 1.54) is 0 Å². The third-order valence-electron chi connectivity index (χ3n) is 4.08. The fraction of sp³-hybridized carbons (Fsp3) is 0.529. The van der Waals surface area contributed by atoms with Gasteiger partial charge >= 0.3 is 0 Å². The van der Waals surface area contributed by atoms with E-state index in [0.717, 1.165) is 16.8 Å². The molecule has 2 amide bonds. The number of rotatable bonds is 3. The van der Waals surface area contributed by atoms with Gasteiger partial charge in [0.25, 0.3) is 5.91 Å². The van der Waals surface area contributed by atoms with Gasteiger partial charge in [0.1, 0.15) is 12.1 Å². The Morgan fingerprint density at radius 1 is 1.24 bits per heavy atom. The summed E-state index contributed by atoms with van der Waals surface area (Å²) in [5.41, 5.74) is 3.02. The molecular weight excluding hydrogens is 264 g/mol. The van der Waals surface area contributed by atoms with E-state index in [1.807, 2.05) is 52.8 Å². The van der Waals surface area contributed by atoms with E-state index in [9.17, 15) is 9.59 Å². The molecule has 1 aromatic carbocycles. The van der Waals surface area contributed by atoms with Crippen LogP contribution >= 0.6 is 0 Å². The van der Waals surface area contributed by atoms with Gasteiger partial charge in [-0.05, 0) is 37.8 Å². The number of hydrogen-bond donors (Lipinski definition) is 1. The van der Waals surface area contributed by atoms with Crippen LogP contribution in [0.3, 0.4) is 0 Å². The number of hydrogen-bond acceptors (Lipinski definition) is 2. The number of amides is 2. The van der Waals surface area contributed by atoms with Gasteiger partial charge in [0.15, 0.2) is 0 Å². The van der Waals surface area contributed by atoms with Gasteiger partial charge in [0, 0.05) is 5.69 Å².